The van der Waals surface area contributed by atoms with Gasteiger partial charge in [0.15, 0.2) is 0 Å². The molecule has 7 aromatic rings. The van der Waals surface area contributed by atoms with Gasteiger partial charge in [-0.25, -0.2) is 0 Å². The summed E-state index contributed by atoms with van der Waals surface area (Å²) in [5.74, 6) is 0. The van der Waals surface area contributed by atoms with Crippen LogP contribution in [0.4, 0.5) is 0 Å². The van der Waals surface area contributed by atoms with Crippen molar-refractivity contribution in [3.05, 3.63) is 144 Å². The van der Waals surface area contributed by atoms with E-state index >= 15 is 0 Å². The van der Waals surface area contributed by atoms with Crippen LogP contribution in [0.5, 0.6) is 0 Å². The van der Waals surface area contributed by atoms with Crippen LogP contribution >= 0.6 is 0 Å². The monoisotopic (exact) mass is 819 g/mol. The summed E-state index contributed by atoms with van der Waals surface area (Å²) in [5.41, 5.74) is 8.38. The van der Waals surface area contributed by atoms with Gasteiger partial charge in [-0.15, -0.1) is 59.2 Å². The van der Waals surface area contributed by atoms with Gasteiger partial charge in [0.25, 0.3) is 0 Å². The molecule has 5 aromatic carbocycles. The van der Waals surface area contributed by atoms with Crippen molar-refractivity contribution in [3.63, 3.8) is 0 Å². The Labute approximate surface area is 306 Å². The Bertz CT molecular complexity index is 2150. The SMILES string of the molecule is CC(C)(C)c1cc[c-]c(-c2cc(C(C)(C)C)ccn2)c1.CC(C)(C)c1ccnc(-c2[c-]cc3c4ccccc4c4ccccc4c3c2)c1.[Ir]. The molecule has 0 saturated carbocycles. The maximum absolute atomic E-state index is 4.64. The van der Waals surface area contributed by atoms with Gasteiger partial charge in [0.1, 0.15) is 0 Å². The summed E-state index contributed by atoms with van der Waals surface area (Å²) in [7, 11) is 0. The van der Waals surface area contributed by atoms with Crippen molar-refractivity contribution in [1.82, 2.24) is 9.97 Å². The van der Waals surface area contributed by atoms with Crippen LogP contribution in [0.3, 0.4) is 0 Å². The van der Waals surface area contributed by atoms with E-state index in [0.717, 1.165) is 22.5 Å². The van der Waals surface area contributed by atoms with Crippen molar-refractivity contribution in [3.8, 4) is 22.5 Å². The fourth-order valence-corrected chi connectivity index (χ4v) is 6.16. The van der Waals surface area contributed by atoms with E-state index < -0.39 is 0 Å². The van der Waals surface area contributed by atoms with Gasteiger partial charge in [0, 0.05) is 32.5 Å². The zero-order valence-electron chi connectivity index (χ0n) is 30.2. The second-order valence-electron chi connectivity index (χ2n) is 15.9. The molecule has 0 saturated heterocycles. The largest absolute Gasteiger partial charge is 0.305 e. The normalized spacial score (nSPS) is 12.0. The molecule has 0 aliphatic rings. The maximum Gasteiger partial charge on any atom is 0.0163 e. The number of rotatable bonds is 2. The molecular weight excluding hydrogens is 773 g/mol. The van der Waals surface area contributed by atoms with E-state index in [2.05, 4.69) is 181 Å². The van der Waals surface area contributed by atoms with E-state index in [-0.39, 0.29) is 36.4 Å². The van der Waals surface area contributed by atoms with Crippen LogP contribution < -0.4 is 0 Å². The molecule has 0 aliphatic heterocycles. The molecule has 0 bridgehead atoms. The summed E-state index contributed by atoms with van der Waals surface area (Å²) in [6.07, 6.45) is 3.81. The van der Waals surface area contributed by atoms with Gasteiger partial charge in [-0.05, 0) is 67.1 Å². The minimum absolute atomic E-state index is 0. The number of hydrogen-bond donors (Lipinski definition) is 0. The van der Waals surface area contributed by atoms with Crippen molar-refractivity contribution in [1.29, 1.82) is 0 Å². The Morgan fingerprint density at radius 1 is 0.429 bits per heavy atom. The smallest absolute Gasteiger partial charge is 0.0163 e. The fourth-order valence-electron chi connectivity index (χ4n) is 6.16. The Kier molecular flexibility index (Phi) is 10.3. The maximum atomic E-state index is 4.64. The van der Waals surface area contributed by atoms with Crippen molar-refractivity contribution in [2.75, 3.05) is 0 Å². The number of nitrogens with zero attached hydrogens (tertiary/aromatic N) is 2. The van der Waals surface area contributed by atoms with Gasteiger partial charge < -0.3 is 9.97 Å². The van der Waals surface area contributed by atoms with E-state index in [1.54, 1.807) is 0 Å². The third-order valence-corrected chi connectivity index (χ3v) is 9.15. The van der Waals surface area contributed by atoms with Crippen molar-refractivity contribution in [2.24, 2.45) is 0 Å². The predicted octanol–water partition coefficient (Wildman–Crippen LogP) is 12.4. The first kappa shape index (κ1) is 36.1. The molecule has 49 heavy (non-hydrogen) atoms. The predicted molar refractivity (Wildman–Crippen MR) is 206 cm³/mol. The first-order valence-electron chi connectivity index (χ1n) is 16.9. The van der Waals surface area contributed by atoms with E-state index in [0.29, 0.717) is 0 Å². The molecule has 0 unspecified atom stereocenters. The van der Waals surface area contributed by atoms with Crippen molar-refractivity contribution in [2.45, 2.75) is 78.6 Å². The third kappa shape index (κ3) is 7.85. The Balaban J connectivity index is 0.000000199. The molecule has 0 N–H and O–H groups in total. The van der Waals surface area contributed by atoms with Gasteiger partial charge in [-0.1, -0.05) is 139 Å². The summed E-state index contributed by atoms with van der Waals surface area (Å²) in [5, 5.41) is 7.63. The average Bonchev–Trinajstić information content (AvgIpc) is 3.07. The summed E-state index contributed by atoms with van der Waals surface area (Å²) < 4.78 is 0. The third-order valence-electron chi connectivity index (χ3n) is 9.15. The molecule has 0 fully saturated rings. The number of fused-ring (bicyclic) bond motifs is 6. The van der Waals surface area contributed by atoms with Crippen molar-refractivity contribution < 1.29 is 20.1 Å². The zero-order chi connectivity index (χ0) is 34.3. The summed E-state index contributed by atoms with van der Waals surface area (Å²) >= 11 is 0. The number of pyridine rings is 2. The minimum atomic E-state index is 0. The van der Waals surface area contributed by atoms with Crippen LogP contribution in [0.25, 0.3) is 54.8 Å². The van der Waals surface area contributed by atoms with Gasteiger partial charge >= 0.3 is 0 Å². The van der Waals surface area contributed by atoms with Gasteiger partial charge in [0.2, 0.25) is 0 Å². The molecule has 251 valence electrons. The van der Waals surface area contributed by atoms with Crippen LogP contribution in [0.15, 0.2) is 116 Å². The van der Waals surface area contributed by atoms with E-state index in [1.165, 1.54) is 49.0 Å². The first-order valence-corrected chi connectivity index (χ1v) is 16.9. The molecule has 0 atom stereocenters. The summed E-state index contributed by atoms with van der Waals surface area (Å²) in [4.78, 5) is 9.16. The molecule has 2 aromatic heterocycles. The Morgan fingerprint density at radius 2 is 0.837 bits per heavy atom. The first-order chi connectivity index (χ1) is 22.7. The standard InChI is InChI=1S/C27H22N.C19H24N.Ir/c1-27(2,3)19-14-15-28-26(17-19)18-12-13-24-22-10-5-4-8-20(22)21-9-6-7-11-23(21)25(24)16-18;1-18(2,3)15-9-7-8-14(12-15)17-13-16(10-11-20-17)19(4,5)6;/h4-11,13-17H,1-3H3;7,9-13H,1-6H3;/q2*-1;. The minimum Gasteiger partial charge on any atom is -0.305 e. The molecule has 0 amide bonds. The number of benzene rings is 5. The summed E-state index contributed by atoms with van der Waals surface area (Å²) in [6.45, 7) is 20.0. The average molecular weight is 819 g/mol. The van der Waals surface area contributed by atoms with E-state index in [1.807, 2.05) is 18.5 Å². The molecule has 7 rings (SSSR count). The molecule has 3 heteroatoms. The Morgan fingerprint density at radius 3 is 1.31 bits per heavy atom. The summed E-state index contributed by atoms with van der Waals surface area (Å²) in [6, 6.07) is 43.4. The van der Waals surface area contributed by atoms with Crippen molar-refractivity contribution >= 4 is 32.3 Å². The number of hydrogen-bond acceptors (Lipinski definition) is 2. The molecule has 2 nitrogen and oxygen atoms in total. The van der Waals surface area contributed by atoms with Crippen LogP contribution in [0.1, 0.15) is 79.0 Å². The molecule has 0 aliphatic carbocycles. The van der Waals surface area contributed by atoms with Gasteiger partial charge in [-0.2, -0.15) is 0 Å². The fraction of sp³-hybridized carbons (Fsp3) is 0.261. The Hall–Kier alpha value is -4.17. The molecule has 0 spiro atoms. The van der Waals surface area contributed by atoms with E-state index in [4.69, 9.17) is 0 Å². The zero-order valence-corrected chi connectivity index (χ0v) is 32.6. The second kappa shape index (κ2) is 14.0. The molecule has 2 heterocycles. The van der Waals surface area contributed by atoms with Crippen LogP contribution in [-0.4, -0.2) is 9.97 Å². The molecular formula is C46H46IrN2-2. The van der Waals surface area contributed by atoms with Crippen LogP contribution in [0, 0.1) is 12.1 Å². The van der Waals surface area contributed by atoms with Crippen LogP contribution in [-0.2, 0) is 36.4 Å². The quantitative estimate of drug-likeness (QED) is 0.128. The van der Waals surface area contributed by atoms with Gasteiger partial charge in [-0.3, -0.25) is 0 Å². The number of aromatic nitrogens is 2. The molecule has 1 radical (unpaired) electrons. The second-order valence-corrected chi connectivity index (χ2v) is 15.9. The van der Waals surface area contributed by atoms with Crippen LogP contribution in [0.2, 0.25) is 0 Å². The topological polar surface area (TPSA) is 25.8 Å². The van der Waals surface area contributed by atoms with E-state index in [9.17, 15) is 0 Å². The van der Waals surface area contributed by atoms with Gasteiger partial charge in [0.05, 0.1) is 0 Å².